The molecule has 1 aromatic carbocycles. The summed E-state index contributed by atoms with van der Waals surface area (Å²) < 4.78 is 30.8. The summed E-state index contributed by atoms with van der Waals surface area (Å²) in [5.41, 5.74) is 1.13. The van der Waals surface area contributed by atoms with E-state index >= 15 is 0 Å². The normalized spacial score (nSPS) is 13.1. The minimum Gasteiger partial charge on any atom is -0.457 e. The van der Waals surface area contributed by atoms with E-state index in [4.69, 9.17) is 4.74 Å². The van der Waals surface area contributed by atoms with E-state index in [1.807, 2.05) is 25.9 Å². The van der Waals surface area contributed by atoms with E-state index in [2.05, 4.69) is 6.58 Å². The monoisotopic (exact) mass is 349 g/mol. The van der Waals surface area contributed by atoms with Gasteiger partial charge in [-0.2, -0.15) is 0 Å². The molecule has 24 heavy (non-hydrogen) atoms. The Bertz CT molecular complexity index is 759. The van der Waals surface area contributed by atoms with Gasteiger partial charge in [0.1, 0.15) is 6.61 Å². The molecule has 0 aliphatic rings. The van der Waals surface area contributed by atoms with Gasteiger partial charge in [-0.1, -0.05) is 30.9 Å². The lowest BCUT2D eigenvalue weighted by Gasteiger charge is -2.15. The number of ether oxygens (including phenoxy) is 1. The zero-order valence-electron chi connectivity index (χ0n) is 14.4. The molecular weight excluding hydrogens is 326 g/mol. The fourth-order valence-corrected chi connectivity index (χ4v) is 3.42. The third-order valence-corrected chi connectivity index (χ3v) is 5.25. The highest BCUT2D eigenvalue weighted by Gasteiger charge is 2.30. The number of allylic oxidation sites excluding steroid dienone is 3. The van der Waals surface area contributed by atoms with Crippen molar-refractivity contribution in [1.29, 1.82) is 0 Å². The van der Waals surface area contributed by atoms with Crippen LogP contribution in [0.3, 0.4) is 0 Å². The molecule has 6 heteroatoms. The molecule has 0 unspecified atom stereocenters. The van der Waals surface area contributed by atoms with Crippen LogP contribution in [-0.4, -0.2) is 40.0 Å². The highest BCUT2D eigenvalue weighted by molar-refractivity contribution is 7.96. The summed E-state index contributed by atoms with van der Waals surface area (Å²) in [5.74, 6) is -0.890. The van der Waals surface area contributed by atoms with E-state index in [-0.39, 0.29) is 16.4 Å². The third kappa shape index (κ3) is 4.83. The van der Waals surface area contributed by atoms with Crippen molar-refractivity contribution in [2.24, 2.45) is 0 Å². The molecule has 0 saturated carbocycles. The van der Waals surface area contributed by atoms with E-state index in [1.165, 1.54) is 18.2 Å². The molecule has 0 saturated heterocycles. The second-order valence-electron chi connectivity index (χ2n) is 5.40. The molecule has 0 aliphatic heterocycles. The molecular formula is C18H23NO4S. The van der Waals surface area contributed by atoms with Crippen LogP contribution in [0.5, 0.6) is 0 Å². The molecule has 0 heterocycles. The first kappa shape index (κ1) is 19.7. The van der Waals surface area contributed by atoms with Crippen molar-refractivity contribution < 1.29 is 17.9 Å². The number of carbonyl (C=O) groups excluding carboxylic acids is 1. The van der Waals surface area contributed by atoms with Crippen LogP contribution in [0.25, 0.3) is 0 Å². The minimum atomic E-state index is -3.99. The van der Waals surface area contributed by atoms with Crippen LogP contribution in [-0.2, 0) is 19.4 Å². The molecule has 0 aliphatic carbocycles. The second kappa shape index (κ2) is 8.49. The summed E-state index contributed by atoms with van der Waals surface area (Å²) in [6, 6.07) is 7.82. The number of hydrogen-bond acceptors (Lipinski definition) is 5. The maximum absolute atomic E-state index is 12.9. The standard InChI is InChI=1S/C18H23NO4S/c1-6-12-23-18(20)17(14(2)13-15(3)19(4)5)24(21,22)16-10-8-7-9-11-16/h6-11,13H,1,12H2,2-5H3/b15-13+,17-14-. The first-order valence-corrected chi connectivity index (χ1v) is 8.84. The van der Waals surface area contributed by atoms with Crippen molar-refractivity contribution in [3.05, 3.63) is 65.2 Å². The molecule has 1 aromatic rings. The van der Waals surface area contributed by atoms with Crippen molar-refractivity contribution in [2.45, 2.75) is 18.7 Å². The summed E-state index contributed by atoms with van der Waals surface area (Å²) >= 11 is 0. The van der Waals surface area contributed by atoms with Crippen molar-refractivity contribution >= 4 is 15.8 Å². The molecule has 0 spiro atoms. The molecule has 1 rings (SSSR count). The smallest absolute Gasteiger partial charge is 0.350 e. The van der Waals surface area contributed by atoms with Gasteiger partial charge in [-0.05, 0) is 37.6 Å². The Morgan fingerprint density at radius 1 is 1.21 bits per heavy atom. The van der Waals surface area contributed by atoms with Gasteiger partial charge in [0.25, 0.3) is 0 Å². The summed E-state index contributed by atoms with van der Waals surface area (Å²) in [7, 11) is -0.326. The molecule has 0 amide bonds. The molecule has 0 bridgehead atoms. The fourth-order valence-electron chi connectivity index (χ4n) is 1.91. The molecule has 0 atom stereocenters. The minimum absolute atomic E-state index is 0.0470. The van der Waals surface area contributed by atoms with Crippen LogP contribution in [0.1, 0.15) is 13.8 Å². The van der Waals surface area contributed by atoms with Crippen LogP contribution < -0.4 is 0 Å². The zero-order valence-corrected chi connectivity index (χ0v) is 15.3. The molecule has 0 N–H and O–H groups in total. The lowest BCUT2D eigenvalue weighted by atomic mass is 10.2. The van der Waals surface area contributed by atoms with E-state index in [0.717, 1.165) is 5.70 Å². The van der Waals surface area contributed by atoms with Crippen LogP contribution in [0.2, 0.25) is 0 Å². The number of benzene rings is 1. The van der Waals surface area contributed by atoms with Gasteiger partial charge in [0, 0.05) is 19.8 Å². The molecule has 0 fully saturated rings. The highest BCUT2D eigenvalue weighted by atomic mass is 32.2. The van der Waals surface area contributed by atoms with Gasteiger partial charge in [-0.3, -0.25) is 0 Å². The van der Waals surface area contributed by atoms with E-state index in [0.29, 0.717) is 5.57 Å². The molecule has 130 valence electrons. The van der Waals surface area contributed by atoms with Crippen molar-refractivity contribution in [2.75, 3.05) is 20.7 Å². The number of nitrogens with zero attached hydrogens (tertiary/aromatic N) is 1. The summed E-state index contributed by atoms with van der Waals surface area (Å²) in [6.45, 7) is 6.81. The van der Waals surface area contributed by atoms with Gasteiger partial charge in [-0.25, -0.2) is 13.2 Å². The summed E-state index contributed by atoms with van der Waals surface area (Å²) in [6.07, 6.45) is 3.03. The summed E-state index contributed by atoms with van der Waals surface area (Å²) in [4.78, 5) is 13.9. The maximum Gasteiger partial charge on any atom is 0.350 e. The number of esters is 1. The second-order valence-corrected chi connectivity index (χ2v) is 7.28. The summed E-state index contributed by atoms with van der Waals surface area (Å²) in [5, 5.41) is 0. The average molecular weight is 349 g/mol. The Balaban J connectivity index is 3.52. The number of rotatable bonds is 7. The SMILES string of the molecule is C=CCOC(=O)/C(=C(C)/C=C(\C)N(C)C)S(=O)(=O)c1ccccc1. The Morgan fingerprint density at radius 2 is 1.79 bits per heavy atom. The predicted octanol–water partition coefficient (Wildman–Crippen LogP) is 2.93. The first-order valence-electron chi connectivity index (χ1n) is 7.36. The quantitative estimate of drug-likeness (QED) is 0.328. The predicted molar refractivity (Wildman–Crippen MR) is 94.9 cm³/mol. The number of sulfone groups is 1. The van der Waals surface area contributed by atoms with Crippen LogP contribution in [0.15, 0.2) is 70.1 Å². The van der Waals surface area contributed by atoms with Gasteiger partial charge in [-0.15, -0.1) is 0 Å². The van der Waals surface area contributed by atoms with Crippen LogP contribution >= 0.6 is 0 Å². The lowest BCUT2D eigenvalue weighted by Crippen LogP contribution is -2.19. The topological polar surface area (TPSA) is 63.7 Å². The first-order chi connectivity index (χ1) is 11.2. The Kier molecular flexibility index (Phi) is 6.97. The number of carbonyl (C=O) groups is 1. The largest absolute Gasteiger partial charge is 0.457 e. The fraction of sp³-hybridized carbons (Fsp3) is 0.278. The Hall–Kier alpha value is -2.34. The van der Waals surface area contributed by atoms with E-state index in [9.17, 15) is 13.2 Å². The van der Waals surface area contributed by atoms with Crippen LogP contribution in [0, 0.1) is 0 Å². The number of hydrogen-bond donors (Lipinski definition) is 0. The van der Waals surface area contributed by atoms with E-state index < -0.39 is 15.8 Å². The third-order valence-electron chi connectivity index (χ3n) is 3.33. The highest BCUT2D eigenvalue weighted by Crippen LogP contribution is 2.24. The van der Waals surface area contributed by atoms with Gasteiger partial charge in [0.05, 0.1) is 4.90 Å². The van der Waals surface area contributed by atoms with Gasteiger partial charge < -0.3 is 9.64 Å². The molecule has 0 radical (unpaired) electrons. The van der Waals surface area contributed by atoms with E-state index in [1.54, 1.807) is 31.2 Å². The van der Waals surface area contributed by atoms with Gasteiger partial charge in [0.2, 0.25) is 9.84 Å². The Labute approximate surface area is 143 Å². The van der Waals surface area contributed by atoms with Crippen molar-refractivity contribution in [3.8, 4) is 0 Å². The maximum atomic E-state index is 12.9. The lowest BCUT2D eigenvalue weighted by molar-refractivity contribution is -0.137. The van der Waals surface area contributed by atoms with Gasteiger partial charge >= 0.3 is 5.97 Å². The van der Waals surface area contributed by atoms with Gasteiger partial charge in [0.15, 0.2) is 4.91 Å². The molecule has 5 nitrogen and oxygen atoms in total. The van der Waals surface area contributed by atoms with Crippen LogP contribution in [0.4, 0.5) is 0 Å². The average Bonchev–Trinajstić information content (AvgIpc) is 2.53. The van der Waals surface area contributed by atoms with Crippen molar-refractivity contribution in [3.63, 3.8) is 0 Å². The zero-order chi connectivity index (χ0) is 18.3. The molecule has 0 aromatic heterocycles. The Morgan fingerprint density at radius 3 is 2.29 bits per heavy atom. The van der Waals surface area contributed by atoms with Crippen molar-refractivity contribution in [1.82, 2.24) is 4.90 Å².